The number of hydrogen-bond donors (Lipinski definition) is 0. The van der Waals surface area contributed by atoms with Crippen molar-refractivity contribution in [3.8, 4) is 11.6 Å². The number of nitrogens with zero attached hydrogens (tertiary/aromatic N) is 4. The molecule has 1 aromatic carbocycles. The molecule has 1 fully saturated rings. The summed E-state index contributed by atoms with van der Waals surface area (Å²) >= 11 is 0. The van der Waals surface area contributed by atoms with E-state index in [2.05, 4.69) is 15.1 Å². The molecule has 4 rings (SSSR count). The predicted molar refractivity (Wildman–Crippen MR) is 91.8 cm³/mol. The summed E-state index contributed by atoms with van der Waals surface area (Å²) in [7, 11) is 0. The second-order valence-corrected chi connectivity index (χ2v) is 6.42. The van der Waals surface area contributed by atoms with Gasteiger partial charge in [-0.2, -0.15) is 4.98 Å². The maximum absolute atomic E-state index is 13.4. The van der Waals surface area contributed by atoms with Gasteiger partial charge in [0, 0.05) is 36.8 Å². The van der Waals surface area contributed by atoms with E-state index in [9.17, 15) is 13.6 Å². The molecule has 138 valence electrons. The summed E-state index contributed by atoms with van der Waals surface area (Å²) < 4.78 is 32.1. The molecule has 0 unspecified atom stereocenters. The molecular formula is C19H16F2N4O2. The van der Waals surface area contributed by atoms with Crippen molar-refractivity contribution in [2.45, 2.75) is 18.8 Å². The number of halogens is 2. The van der Waals surface area contributed by atoms with Gasteiger partial charge < -0.3 is 9.42 Å². The maximum Gasteiger partial charge on any atom is 0.276 e. The summed E-state index contributed by atoms with van der Waals surface area (Å²) in [5.41, 5.74) is 0.575. The third-order valence-electron chi connectivity index (χ3n) is 4.51. The van der Waals surface area contributed by atoms with Gasteiger partial charge in [-0.25, -0.2) is 8.78 Å². The zero-order valence-electron chi connectivity index (χ0n) is 14.3. The van der Waals surface area contributed by atoms with Crippen LogP contribution in [-0.2, 0) is 0 Å². The summed E-state index contributed by atoms with van der Waals surface area (Å²) in [5, 5.41) is 4.03. The Kier molecular flexibility index (Phi) is 4.62. The van der Waals surface area contributed by atoms with Gasteiger partial charge in [0.2, 0.25) is 0 Å². The number of aromatic nitrogens is 3. The summed E-state index contributed by atoms with van der Waals surface area (Å²) in [4.78, 5) is 22.8. The first-order valence-electron chi connectivity index (χ1n) is 8.60. The minimum Gasteiger partial charge on any atom is -0.338 e. The van der Waals surface area contributed by atoms with E-state index in [1.165, 1.54) is 0 Å². The van der Waals surface area contributed by atoms with Crippen LogP contribution in [0.3, 0.4) is 0 Å². The Labute approximate surface area is 153 Å². The van der Waals surface area contributed by atoms with E-state index in [4.69, 9.17) is 4.52 Å². The van der Waals surface area contributed by atoms with Crippen molar-refractivity contribution < 1.29 is 18.1 Å². The van der Waals surface area contributed by atoms with Crippen molar-refractivity contribution >= 4 is 5.91 Å². The average molecular weight is 370 g/mol. The molecule has 8 heteroatoms. The van der Waals surface area contributed by atoms with Gasteiger partial charge in [-0.1, -0.05) is 11.2 Å². The molecule has 0 bridgehead atoms. The molecule has 1 atom stereocenters. The van der Waals surface area contributed by atoms with Crippen LogP contribution in [0.15, 0.2) is 47.1 Å². The van der Waals surface area contributed by atoms with E-state index in [-0.39, 0.29) is 11.5 Å². The molecule has 3 aromatic rings. The standard InChI is InChI=1S/C19H16F2N4O2/c20-14-8-13(9-15(21)10-14)19(26)25-7-3-4-12(11-25)17-23-18(27-24-17)16-5-1-2-6-22-16/h1-2,5-6,8-10,12H,3-4,7,11H2/t12-/m0/s1. The molecule has 1 aliphatic rings. The van der Waals surface area contributed by atoms with E-state index in [0.717, 1.165) is 31.0 Å². The van der Waals surface area contributed by atoms with Crippen LogP contribution >= 0.6 is 0 Å². The van der Waals surface area contributed by atoms with Crippen molar-refractivity contribution in [1.29, 1.82) is 0 Å². The van der Waals surface area contributed by atoms with Gasteiger partial charge in [0.25, 0.3) is 11.8 Å². The van der Waals surface area contributed by atoms with Gasteiger partial charge in [0.15, 0.2) is 5.82 Å². The molecule has 2 aromatic heterocycles. The van der Waals surface area contributed by atoms with Crippen LogP contribution in [0, 0.1) is 11.6 Å². The normalized spacial score (nSPS) is 17.1. The third-order valence-corrected chi connectivity index (χ3v) is 4.51. The van der Waals surface area contributed by atoms with Crippen LogP contribution in [0.2, 0.25) is 0 Å². The van der Waals surface area contributed by atoms with Gasteiger partial charge in [-0.3, -0.25) is 9.78 Å². The molecule has 1 aliphatic heterocycles. The number of hydrogen-bond acceptors (Lipinski definition) is 5. The SMILES string of the molecule is O=C(c1cc(F)cc(F)c1)N1CCC[C@H](c2noc(-c3ccccn3)n2)C1. The van der Waals surface area contributed by atoms with E-state index >= 15 is 0 Å². The maximum atomic E-state index is 13.4. The lowest BCUT2D eigenvalue weighted by atomic mass is 9.96. The fraction of sp³-hybridized carbons (Fsp3) is 0.263. The number of pyridine rings is 1. The molecule has 27 heavy (non-hydrogen) atoms. The smallest absolute Gasteiger partial charge is 0.276 e. The Balaban J connectivity index is 1.51. The molecule has 0 N–H and O–H groups in total. The van der Waals surface area contributed by atoms with Gasteiger partial charge in [-0.05, 0) is 37.1 Å². The Morgan fingerprint density at radius 1 is 1.19 bits per heavy atom. The number of carbonyl (C=O) groups excluding carboxylic acids is 1. The minimum atomic E-state index is -0.773. The molecule has 1 saturated heterocycles. The van der Waals surface area contributed by atoms with E-state index < -0.39 is 17.5 Å². The lowest BCUT2D eigenvalue weighted by Gasteiger charge is -2.31. The number of piperidine rings is 1. The molecule has 0 radical (unpaired) electrons. The first kappa shape index (κ1) is 17.3. The monoisotopic (exact) mass is 370 g/mol. The Morgan fingerprint density at radius 3 is 2.74 bits per heavy atom. The Bertz CT molecular complexity index is 941. The Hall–Kier alpha value is -3.16. The van der Waals surface area contributed by atoms with Crippen LogP contribution in [0.25, 0.3) is 11.6 Å². The molecule has 1 amide bonds. The third kappa shape index (κ3) is 3.69. The largest absolute Gasteiger partial charge is 0.338 e. The van der Waals surface area contributed by atoms with Crippen molar-refractivity contribution in [1.82, 2.24) is 20.0 Å². The van der Waals surface area contributed by atoms with Gasteiger partial charge in [0.05, 0.1) is 0 Å². The van der Waals surface area contributed by atoms with Crippen LogP contribution in [0.5, 0.6) is 0 Å². The van der Waals surface area contributed by atoms with Crippen LogP contribution in [0.1, 0.15) is 34.9 Å². The molecular weight excluding hydrogens is 354 g/mol. The zero-order chi connectivity index (χ0) is 18.8. The first-order chi connectivity index (χ1) is 13.1. The summed E-state index contributed by atoms with van der Waals surface area (Å²) in [6.07, 6.45) is 3.17. The van der Waals surface area contributed by atoms with E-state index in [1.807, 2.05) is 6.07 Å². The fourth-order valence-electron chi connectivity index (χ4n) is 3.23. The summed E-state index contributed by atoms with van der Waals surface area (Å²) in [5.74, 6) is -1.25. The highest BCUT2D eigenvalue weighted by molar-refractivity contribution is 5.94. The highest BCUT2D eigenvalue weighted by Crippen LogP contribution is 2.27. The lowest BCUT2D eigenvalue weighted by molar-refractivity contribution is 0.0702. The fourth-order valence-corrected chi connectivity index (χ4v) is 3.23. The van der Waals surface area contributed by atoms with E-state index in [0.29, 0.717) is 30.5 Å². The van der Waals surface area contributed by atoms with Gasteiger partial charge >= 0.3 is 0 Å². The number of benzene rings is 1. The zero-order valence-corrected chi connectivity index (χ0v) is 14.3. The van der Waals surface area contributed by atoms with Crippen LogP contribution in [0.4, 0.5) is 8.78 Å². The molecule has 0 saturated carbocycles. The summed E-state index contributed by atoms with van der Waals surface area (Å²) in [6, 6.07) is 8.22. The number of rotatable bonds is 3. The molecule has 3 heterocycles. The average Bonchev–Trinajstić information content (AvgIpc) is 3.18. The minimum absolute atomic E-state index is 0.00423. The molecule has 0 aliphatic carbocycles. The number of amides is 1. The molecule has 6 nitrogen and oxygen atoms in total. The quantitative estimate of drug-likeness (QED) is 0.706. The Morgan fingerprint density at radius 2 is 2.00 bits per heavy atom. The van der Waals surface area contributed by atoms with Gasteiger partial charge in [0.1, 0.15) is 17.3 Å². The predicted octanol–water partition coefficient (Wildman–Crippen LogP) is 3.43. The summed E-state index contributed by atoms with van der Waals surface area (Å²) in [6.45, 7) is 0.872. The second kappa shape index (κ2) is 7.22. The van der Waals surface area contributed by atoms with Crippen molar-refractivity contribution in [3.63, 3.8) is 0 Å². The topological polar surface area (TPSA) is 72.1 Å². The first-order valence-corrected chi connectivity index (χ1v) is 8.60. The molecule has 0 spiro atoms. The van der Waals surface area contributed by atoms with Crippen molar-refractivity contribution in [2.24, 2.45) is 0 Å². The highest BCUT2D eigenvalue weighted by atomic mass is 19.1. The van der Waals surface area contributed by atoms with Crippen LogP contribution < -0.4 is 0 Å². The van der Waals surface area contributed by atoms with Gasteiger partial charge in [-0.15, -0.1) is 0 Å². The highest BCUT2D eigenvalue weighted by Gasteiger charge is 2.29. The van der Waals surface area contributed by atoms with E-state index in [1.54, 1.807) is 23.2 Å². The lowest BCUT2D eigenvalue weighted by Crippen LogP contribution is -2.39. The number of carbonyl (C=O) groups is 1. The number of likely N-dealkylation sites (tertiary alicyclic amines) is 1. The second-order valence-electron chi connectivity index (χ2n) is 6.42. The van der Waals surface area contributed by atoms with Crippen LogP contribution in [-0.4, -0.2) is 39.0 Å². The van der Waals surface area contributed by atoms with Crippen molar-refractivity contribution in [3.05, 3.63) is 65.6 Å². The van der Waals surface area contributed by atoms with Crippen molar-refractivity contribution in [2.75, 3.05) is 13.1 Å².